The Morgan fingerprint density at radius 1 is 0.871 bits per heavy atom. The highest BCUT2D eigenvalue weighted by Crippen LogP contribution is 2.40. The predicted octanol–water partition coefficient (Wildman–Crippen LogP) is 6.17. The van der Waals surface area contributed by atoms with Crippen LogP contribution in [0.25, 0.3) is 0 Å². The number of hydrogen-bond acceptors (Lipinski definition) is 2. The molecule has 0 bridgehead atoms. The maximum absolute atomic E-state index is 9.55. The molecule has 31 heavy (non-hydrogen) atoms. The molecule has 2 aromatic carbocycles. The van der Waals surface area contributed by atoms with E-state index in [9.17, 15) is 5.11 Å². The monoisotopic (exact) mass is 440 g/mol. The first-order valence-corrected chi connectivity index (χ1v) is 14.1. The maximum Gasteiger partial charge on any atom is 0.261 e. The van der Waals surface area contributed by atoms with Gasteiger partial charge in [0.15, 0.2) is 0 Å². The van der Waals surface area contributed by atoms with Gasteiger partial charge in [0.25, 0.3) is 8.32 Å². The molecular formula is C28H44O2Si. The molecule has 0 aliphatic carbocycles. The van der Waals surface area contributed by atoms with E-state index in [1.165, 1.54) is 16.8 Å². The van der Waals surface area contributed by atoms with Crippen LogP contribution in [-0.2, 0) is 4.43 Å². The van der Waals surface area contributed by atoms with Crippen molar-refractivity contribution in [1.29, 1.82) is 0 Å². The summed E-state index contributed by atoms with van der Waals surface area (Å²) in [4.78, 5) is 0. The largest absolute Gasteiger partial charge is 0.404 e. The highest BCUT2D eigenvalue weighted by atomic mass is 28.4. The Bertz CT molecular complexity index is 699. The van der Waals surface area contributed by atoms with E-state index in [-0.39, 0.29) is 17.7 Å². The molecule has 0 saturated carbocycles. The van der Waals surface area contributed by atoms with Gasteiger partial charge in [-0.2, -0.15) is 0 Å². The van der Waals surface area contributed by atoms with Gasteiger partial charge in [-0.1, -0.05) is 109 Å². The fourth-order valence-corrected chi connectivity index (χ4v) is 9.75. The molecule has 0 unspecified atom stereocenters. The molecule has 3 heteroatoms. The first-order chi connectivity index (χ1) is 14.8. The molecule has 0 amide bonds. The Kier molecular flexibility index (Phi) is 9.99. The Morgan fingerprint density at radius 3 is 1.77 bits per heavy atom. The minimum atomic E-state index is -2.56. The van der Waals surface area contributed by atoms with Crippen LogP contribution in [0.4, 0.5) is 0 Å². The molecular weight excluding hydrogens is 396 g/mol. The summed E-state index contributed by atoms with van der Waals surface area (Å²) in [6.45, 7) is 14.2. The number of aliphatic hydroxyl groups is 1. The van der Waals surface area contributed by atoms with E-state index in [2.05, 4.69) is 102 Å². The highest BCUT2D eigenvalue weighted by Gasteiger charge is 2.51. The third kappa shape index (κ3) is 6.31. The zero-order valence-corrected chi connectivity index (χ0v) is 21.6. The molecule has 1 N–H and O–H groups in total. The van der Waals surface area contributed by atoms with Crippen LogP contribution < -0.4 is 10.4 Å². The lowest BCUT2D eigenvalue weighted by Crippen LogP contribution is -2.68. The van der Waals surface area contributed by atoms with Crippen LogP contribution in [0.3, 0.4) is 0 Å². The lowest BCUT2D eigenvalue weighted by atomic mass is 9.86. The average molecular weight is 441 g/mol. The van der Waals surface area contributed by atoms with Gasteiger partial charge in [0.2, 0.25) is 0 Å². The third-order valence-electron chi connectivity index (χ3n) is 6.81. The van der Waals surface area contributed by atoms with Crippen LogP contribution in [0, 0.1) is 11.8 Å². The summed E-state index contributed by atoms with van der Waals surface area (Å²) in [5.74, 6) is 1.13. The molecule has 2 aromatic rings. The van der Waals surface area contributed by atoms with Gasteiger partial charge >= 0.3 is 0 Å². The van der Waals surface area contributed by atoms with E-state index >= 15 is 0 Å². The first-order valence-electron chi connectivity index (χ1n) is 12.2. The van der Waals surface area contributed by atoms with E-state index in [0.717, 1.165) is 25.7 Å². The van der Waals surface area contributed by atoms with Crippen molar-refractivity contribution in [3.8, 4) is 0 Å². The highest BCUT2D eigenvalue weighted by molar-refractivity contribution is 6.99. The van der Waals surface area contributed by atoms with Crippen molar-refractivity contribution < 1.29 is 9.53 Å². The minimum Gasteiger partial charge on any atom is -0.404 e. The summed E-state index contributed by atoms with van der Waals surface area (Å²) in [6.07, 6.45) is 5.40. The molecule has 0 heterocycles. The smallest absolute Gasteiger partial charge is 0.261 e. The second kappa shape index (κ2) is 12.0. The van der Waals surface area contributed by atoms with Gasteiger partial charge in [0.1, 0.15) is 0 Å². The van der Waals surface area contributed by atoms with Gasteiger partial charge in [-0.15, -0.1) is 0 Å². The first kappa shape index (κ1) is 25.8. The molecule has 3 atom stereocenters. The fourth-order valence-electron chi connectivity index (χ4n) is 4.92. The zero-order valence-electron chi connectivity index (χ0n) is 20.6. The lowest BCUT2D eigenvalue weighted by Gasteiger charge is -2.46. The molecule has 172 valence electrons. The summed E-state index contributed by atoms with van der Waals surface area (Å²) in [5.41, 5.74) is 0. The van der Waals surface area contributed by atoms with Crippen LogP contribution in [0.1, 0.15) is 73.6 Å². The molecule has 0 spiro atoms. The Labute approximate surface area is 192 Å². The second-order valence-corrected chi connectivity index (χ2v) is 14.4. The number of benzene rings is 2. The van der Waals surface area contributed by atoms with Crippen molar-refractivity contribution in [1.82, 2.24) is 0 Å². The van der Waals surface area contributed by atoms with Crippen molar-refractivity contribution in [2.75, 3.05) is 6.61 Å². The topological polar surface area (TPSA) is 29.5 Å². The van der Waals surface area contributed by atoms with Gasteiger partial charge in [-0.3, -0.25) is 0 Å². The molecule has 0 radical (unpaired) electrons. The van der Waals surface area contributed by atoms with Crippen molar-refractivity contribution in [3.63, 3.8) is 0 Å². The number of rotatable bonds is 12. The van der Waals surface area contributed by atoms with E-state index in [4.69, 9.17) is 4.43 Å². The van der Waals surface area contributed by atoms with E-state index in [0.29, 0.717) is 11.8 Å². The third-order valence-corrected chi connectivity index (χ3v) is 11.9. The predicted molar refractivity (Wildman–Crippen MR) is 137 cm³/mol. The molecule has 0 aliphatic heterocycles. The van der Waals surface area contributed by atoms with Crippen molar-refractivity contribution in [2.45, 2.75) is 84.8 Å². The Balaban J connectivity index is 2.59. The average Bonchev–Trinajstić information content (AvgIpc) is 2.78. The van der Waals surface area contributed by atoms with Crippen LogP contribution in [-0.4, -0.2) is 26.1 Å². The molecule has 0 fully saturated rings. The van der Waals surface area contributed by atoms with Crippen LogP contribution in [0.5, 0.6) is 0 Å². The minimum absolute atomic E-state index is 0.0129. The van der Waals surface area contributed by atoms with E-state index in [1.807, 2.05) is 0 Å². The second-order valence-electron chi connectivity index (χ2n) is 10.1. The SMILES string of the molecule is CC[C@H](C)C[C@@H](CCCO)[C@@H](CC)O[Si](c1ccccc1)(c1ccccc1)C(C)(C)C. The summed E-state index contributed by atoms with van der Waals surface area (Å²) in [6, 6.07) is 21.9. The molecule has 0 aliphatic rings. The van der Waals surface area contributed by atoms with Gasteiger partial charge < -0.3 is 9.53 Å². The summed E-state index contributed by atoms with van der Waals surface area (Å²) >= 11 is 0. The molecule has 2 nitrogen and oxygen atoms in total. The van der Waals surface area contributed by atoms with Crippen molar-refractivity contribution in [3.05, 3.63) is 60.7 Å². The van der Waals surface area contributed by atoms with Crippen LogP contribution in [0.2, 0.25) is 5.04 Å². The van der Waals surface area contributed by atoms with Crippen LogP contribution >= 0.6 is 0 Å². The molecule has 2 rings (SSSR count). The Hall–Kier alpha value is -1.42. The molecule has 0 aromatic heterocycles. The molecule has 0 saturated heterocycles. The normalized spacial score (nSPS) is 15.5. The van der Waals surface area contributed by atoms with Crippen molar-refractivity contribution >= 4 is 18.7 Å². The Morgan fingerprint density at radius 2 is 1.39 bits per heavy atom. The maximum atomic E-state index is 9.55. The van der Waals surface area contributed by atoms with Gasteiger partial charge in [-0.05, 0) is 52.9 Å². The quantitative estimate of drug-likeness (QED) is 0.400. The number of hydrogen-bond donors (Lipinski definition) is 1. The lowest BCUT2D eigenvalue weighted by molar-refractivity contribution is 0.0921. The van der Waals surface area contributed by atoms with Gasteiger partial charge in [-0.25, -0.2) is 0 Å². The van der Waals surface area contributed by atoms with Gasteiger partial charge in [0.05, 0.1) is 0 Å². The van der Waals surface area contributed by atoms with Gasteiger partial charge in [0, 0.05) is 12.7 Å². The van der Waals surface area contributed by atoms with E-state index in [1.54, 1.807) is 0 Å². The fraction of sp³-hybridized carbons (Fsp3) is 0.571. The number of aliphatic hydroxyl groups excluding tert-OH is 1. The van der Waals surface area contributed by atoms with Crippen LogP contribution in [0.15, 0.2) is 60.7 Å². The summed E-state index contributed by atoms with van der Waals surface area (Å²) in [5, 5.41) is 12.2. The summed E-state index contributed by atoms with van der Waals surface area (Å²) in [7, 11) is -2.56. The van der Waals surface area contributed by atoms with E-state index < -0.39 is 8.32 Å². The van der Waals surface area contributed by atoms with Crippen molar-refractivity contribution in [2.24, 2.45) is 11.8 Å². The standard InChI is InChI=1S/C28H44O2Si/c1-7-23(3)22-24(16-15-21-29)27(8-2)30-31(28(4,5)6,25-17-11-9-12-18-25)26-19-13-10-14-20-26/h9-14,17-20,23-24,27,29H,7-8,15-16,21-22H2,1-6H3/t23-,24+,27+/m0/s1. The summed E-state index contributed by atoms with van der Waals surface area (Å²) < 4.78 is 7.49. The zero-order chi connectivity index (χ0) is 22.9.